The number of benzene rings is 2. The van der Waals surface area contributed by atoms with Crippen molar-refractivity contribution < 1.29 is 22.7 Å². The van der Waals surface area contributed by atoms with Gasteiger partial charge in [0.25, 0.3) is 5.91 Å². The number of hydrogen-bond acceptors (Lipinski definition) is 5. The second kappa shape index (κ2) is 8.02. The lowest BCUT2D eigenvalue weighted by atomic mass is 10.1. The molecule has 0 unspecified atom stereocenters. The normalized spacial score (nSPS) is 13.5. The molecule has 154 valence electrons. The summed E-state index contributed by atoms with van der Waals surface area (Å²) in [4.78, 5) is 23.6. The number of para-hydroxylation sites is 1. The van der Waals surface area contributed by atoms with Crippen LogP contribution in [-0.4, -0.2) is 44.7 Å². The number of likely N-dealkylation sites (N-methyl/N-ethyl adjacent to an activating group) is 1. The van der Waals surface area contributed by atoms with Gasteiger partial charge in [0, 0.05) is 18.8 Å². The van der Waals surface area contributed by atoms with Crippen molar-refractivity contribution in [2.24, 2.45) is 0 Å². The van der Waals surface area contributed by atoms with Crippen molar-refractivity contribution in [3.8, 4) is 5.75 Å². The molecular formula is C19H20ClN3O5S. The topological polar surface area (TPSA) is 105 Å². The number of carbonyl (C=O) groups is 2. The highest BCUT2D eigenvalue weighted by molar-refractivity contribution is 7.89. The summed E-state index contributed by atoms with van der Waals surface area (Å²) in [6, 6.07) is 8.14. The fourth-order valence-electron chi connectivity index (χ4n) is 2.92. The maximum atomic E-state index is 12.9. The van der Waals surface area contributed by atoms with E-state index in [2.05, 4.69) is 10.6 Å². The van der Waals surface area contributed by atoms with Crippen molar-refractivity contribution in [2.75, 3.05) is 30.8 Å². The third kappa shape index (κ3) is 4.36. The molecule has 0 saturated heterocycles. The molecule has 0 bridgehead atoms. The first-order chi connectivity index (χ1) is 13.6. The van der Waals surface area contributed by atoms with Crippen LogP contribution in [0.25, 0.3) is 0 Å². The molecule has 0 saturated carbocycles. The molecule has 2 aromatic carbocycles. The summed E-state index contributed by atoms with van der Waals surface area (Å²) in [5.41, 5.74) is 2.70. The first kappa shape index (κ1) is 21.1. The largest absolute Gasteiger partial charge is 0.482 e. The molecule has 1 heterocycles. The van der Waals surface area contributed by atoms with Crippen LogP contribution in [0, 0.1) is 13.8 Å². The standard InChI is InChI=1S/C19H20ClN3O5S/c1-11-5-4-6-12(2)19(11)22-17(24)9-23(3)29(26,27)16-8-15-14(7-13(16)20)21-18(25)10-28-15/h4-8H,9-10H2,1-3H3,(H,21,25)(H,22,24). The minimum Gasteiger partial charge on any atom is -0.482 e. The Balaban J connectivity index is 1.81. The van der Waals surface area contributed by atoms with Crippen molar-refractivity contribution in [2.45, 2.75) is 18.7 Å². The van der Waals surface area contributed by atoms with Crippen LogP contribution in [0.2, 0.25) is 5.02 Å². The van der Waals surface area contributed by atoms with E-state index < -0.39 is 22.5 Å². The molecule has 1 aliphatic heterocycles. The Bertz CT molecular complexity index is 1080. The average Bonchev–Trinajstić information content (AvgIpc) is 2.64. The van der Waals surface area contributed by atoms with Crippen LogP contribution in [0.15, 0.2) is 35.2 Å². The van der Waals surface area contributed by atoms with Crippen molar-refractivity contribution in [1.29, 1.82) is 0 Å². The van der Waals surface area contributed by atoms with E-state index >= 15 is 0 Å². The number of hydrogen-bond donors (Lipinski definition) is 2. The Morgan fingerprint density at radius 1 is 1.28 bits per heavy atom. The lowest BCUT2D eigenvalue weighted by molar-refractivity contribution is -0.118. The van der Waals surface area contributed by atoms with E-state index in [1.165, 1.54) is 19.2 Å². The molecule has 0 fully saturated rings. The van der Waals surface area contributed by atoms with E-state index in [0.717, 1.165) is 15.4 Å². The highest BCUT2D eigenvalue weighted by atomic mass is 35.5. The minimum absolute atomic E-state index is 0.0865. The summed E-state index contributed by atoms with van der Waals surface area (Å²) in [5.74, 6) is -0.642. The number of nitrogens with one attached hydrogen (secondary N) is 2. The monoisotopic (exact) mass is 437 g/mol. The smallest absolute Gasteiger partial charge is 0.262 e. The minimum atomic E-state index is -4.08. The van der Waals surface area contributed by atoms with Crippen LogP contribution in [0.5, 0.6) is 5.75 Å². The van der Waals surface area contributed by atoms with Gasteiger partial charge in [0.2, 0.25) is 15.9 Å². The summed E-state index contributed by atoms with van der Waals surface area (Å²) in [5, 5.41) is 5.22. The molecule has 29 heavy (non-hydrogen) atoms. The van der Waals surface area contributed by atoms with Gasteiger partial charge in [0.1, 0.15) is 10.6 Å². The van der Waals surface area contributed by atoms with E-state index in [1.54, 1.807) is 0 Å². The fourth-order valence-corrected chi connectivity index (χ4v) is 4.57. The molecule has 0 aliphatic carbocycles. The van der Waals surface area contributed by atoms with E-state index in [-0.39, 0.29) is 28.2 Å². The third-order valence-electron chi connectivity index (χ3n) is 4.47. The number of amides is 2. The van der Waals surface area contributed by atoms with Crippen molar-refractivity contribution in [1.82, 2.24) is 4.31 Å². The Morgan fingerprint density at radius 3 is 2.59 bits per heavy atom. The van der Waals surface area contributed by atoms with Gasteiger partial charge >= 0.3 is 0 Å². The van der Waals surface area contributed by atoms with E-state index in [0.29, 0.717) is 11.4 Å². The van der Waals surface area contributed by atoms with E-state index in [9.17, 15) is 18.0 Å². The second-order valence-electron chi connectivity index (χ2n) is 6.69. The van der Waals surface area contributed by atoms with E-state index in [4.69, 9.17) is 16.3 Å². The van der Waals surface area contributed by atoms with Gasteiger partial charge in [0.15, 0.2) is 6.61 Å². The molecule has 8 nitrogen and oxygen atoms in total. The van der Waals surface area contributed by atoms with Gasteiger partial charge < -0.3 is 15.4 Å². The summed E-state index contributed by atoms with van der Waals surface area (Å²) < 4.78 is 32.1. The molecule has 1 aliphatic rings. The maximum Gasteiger partial charge on any atom is 0.262 e. The van der Waals surface area contributed by atoms with Gasteiger partial charge in [-0.25, -0.2) is 8.42 Å². The van der Waals surface area contributed by atoms with Gasteiger partial charge in [-0.2, -0.15) is 4.31 Å². The Kier molecular flexibility index (Phi) is 5.83. The van der Waals surface area contributed by atoms with Crippen molar-refractivity contribution in [3.63, 3.8) is 0 Å². The quantitative estimate of drug-likeness (QED) is 0.747. The highest BCUT2D eigenvalue weighted by Crippen LogP contribution is 2.36. The van der Waals surface area contributed by atoms with Crippen LogP contribution < -0.4 is 15.4 Å². The van der Waals surface area contributed by atoms with Crippen LogP contribution in [0.4, 0.5) is 11.4 Å². The van der Waals surface area contributed by atoms with Crippen LogP contribution in [0.3, 0.4) is 0 Å². The summed E-state index contributed by atoms with van der Waals surface area (Å²) in [6.07, 6.45) is 0. The van der Waals surface area contributed by atoms with Crippen LogP contribution >= 0.6 is 11.6 Å². The molecule has 3 rings (SSSR count). The van der Waals surface area contributed by atoms with Crippen molar-refractivity contribution in [3.05, 3.63) is 46.5 Å². The fraction of sp³-hybridized carbons (Fsp3) is 0.263. The number of aryl methyl sites for hydroxylation is 2. The predicted octanol–water partition coefficient (Wildman–Crippen LogP) is 2.55. The molecule has 0 radical (unpaired) electrons. The zero-order valence-corrected chi connectivity index (χ0v) is 17.6. The Hall–Kier alpha value is -2.62. The predicted molar refractivity (Wildman–Crippen MR) is 110 cm³/mol. The van der Waals surface area contributed by atoms with Crippen LogP contribution in [0.1, 0.15) is 11.1 Å². The van der Waals surface area contributed by atoms with Gasteiger partial charge in [-0.1, -0.05) is 29.8 Å². The maximum absolute atomic E-state index is 12.9. The zero-order valence-electron chi connectivity index (χ0n) is 16.1. The first-order valence-electron chi connectivity index (χ1n) is 8.68. The first-order valence-corrected chi connectivity index (χ1v) is 10.5. The lowest BCUT2D eigenvalue weighted by Crippen LogP contribution is -2.35. The molecule has 0 atom stereocenters. The number of nitrogens with zero attached hydrogens (tertiary/aromatic N) is 1. The Morgan fingerprint density at radius 2 is 1.93 bits per heavy atom. The van der Waals surface area contributed by atoms with E-state index in [1.807, 2.05) is 32.0 Å². The molecular weight excluding hydrogens is 418 g/mol. The number of fused-ring (bicyclic) bond motifs is 1. The average molecular weight is 438 g/mol. The molecule has 2 amide bonds. The SMILES string of the molecule is Cc1cccc(C)c1NC(=O)CN(C)S(=O)(=O)c1cc2c(cc1Cl)NC(=O)CO2. The van der Waals surface area contributed by atoms with Crippen LogP contribution in [-0.2, 0) is 19.6 Å². The second-order valence-corrected chi connectivity index (χ2v) is 9.11. The molecule has 0 spiro atoms. The Labute approximate surface area is 173 Å². The molecule has 2 N–H and O–H groups in total. The molecule has 10 heteroatoms. The van der Waals surface area contributed by atoms with Gasteiger partial charge in [-0.05, 0) is 31.0 Å². The van der Waals surface area contributed by atoms with Gasteiger partial charge in [-0.15, -0.1) is 0 Å². The third-order valence-corrected chi connectivity index (χ3v) is 6.74. The summed E-state index contributed by atoms with van der Waals surface area (Å²) in [7, 11) is -2.79. The number of carbonyl (C=O) groups excluding carboxylic acids is 2. The number of sulfonamides is 1. The van der Waals surface area contributed by atoms with Crippen molar-refractivity contribution >= 4 is 44.8 Å². The number of rotatable bonds is 5. The number of anilines is 2. The highest BCUT2D eigenvalue weighted by Gasteiger charge is 2.29. The number of ether oxygens (including phenoxy) is 1. The zero-order chi connectivity index (χ0) is 21.3. The number of halogens is 1. The summed E-state index contributed by atoms with van der Waals surface area (Å²) >= 11 is 6.13. The molecule has 2 aromatic rings. The summed E-state index contributed by atoms with van der Waals surface area (Å²) in [6.45, 7) is 3.09. The lowest BCUT2D eigenvalue weighted by Gasteiger charge is -2.22. The molecule has 0 aromatic heterocycles. The van der Waals surface area contributed by atoms with Gasteiger partial charge in [-0.3, -0.25) is 9.59 Å². The van der Waals surface area contributed by atoms with Gasteiger partial charge in [0.05, 0.1) is 17.3 Å².